The number of hydrogen-bond acceptors (Lipinski definition) is 4. The Balaban J connectivity index is 1.42. The van der Waals surface area contributed by atoms with Crippen LogP contribution in [0.4, 0.5) is 0 Å². The van der Waals surface area contributed by atoms with Gasteiger partial charge in [0.2, 0.25) is 11.8 Å². The molecule has 0 bridgehead atoms. The van der Waals surface area contributed by atoms with E-state index < -0.39 is 0 Å². The molecule has 1 aliphatic rings. The monoisotopic (exact) mass is 422 g/mol. The average molecular weight is 422 g/mol. The summed E-state index contributed by atoms with van der Waals surface area (Å²) < 4.78 is 0. The maximum absolute atomic E-state index is 12.5. The van der Waals surface area contributed by atoms with Crippen molar-refractivity contribution >= 4 is 23.6 Å². The molecule has 4 amide bonds. The molecular weight excluding hydrogens is 396 g/mol. The minimum atomic E-state index is -0.297. The molecule has 31 heavy (non-hydrogen) atoms. The number of carbonyl (C=O) groups excluding carboxylic acids is 4. The lowest BCUT2D eigenvalue weighted by Gasteiger charge is -2.22. The van der Waals surface area contributed by atoms with Crippen LogP contribution in [-0.2, 0) is 9.59 Å². The van der Waals surface area contributed by atoms with Crippen molar-refractivity contribution in [2.75, 3.05) is 39.3 Å². The van der Waals surface area contributed by atoms with Gasteiger partial charge in [-0.2, -0.15) is 0 Å². The number of nitrogens with zero attached hydrogens (tertiary/aromatic N) is 2. The van der Waals surface area contributed by atoms with Gasteiger partial charge in [0.1, 0.15) is 0 Å². The van der Waals surface area contributed by atoms with Crippen molar-refractivity contribution in [2.45, 2.75) is 6.42 Å². The van der Waals surface area contributed by atoms with E-state index in [1.807, 2.05) is 12.1 Å². The van der Waals surface area contributed by atoms with Crippen molar-refractivity contribution in [3.8, 4) is 0 Å². The van der Waals surface area contributed by atoms with Gasteiger partial charge in [0, 0.05) is 37.3 Å². The maximum atomic E-state index is 12.5. The molecule has 0 spiro atoms. The van der Waals surface area contributed by atoms with E-state index in [2.05, 4.69) is 10.6 Å². The Hall–Kier alpha value is -3.68. The quantitative estimate of drug-likeness (QED) is 0.723. The smallest absolute Gasteiger partial charge is 0.251 e. The normalized spacial score (nSPS) is 13.8. The van der Waals surface area contributed by atoms with Crippen LogP contribution in [0.15, 0.2) is 60.7 Å². The second-order valence-corrected chi connectivity index (χ2v) is 7.21. The molecule has 162 valence electrons. The molecule has 1 saturated heterocycles. The predicted molar refractivity (Wildman–Crippen MR) is 115 cm³/mol. The fourth-order valence-corrected chi connectivity index (χ4v) is 3.33. The second-order valence-electron chi connectivity index (χ2n) is 7.21. The molecule has 0 unspecified atom stereocenters. The Bertz CT molecular complexity index is 842. The summed E-state index contributed by atoms with van der Waals surface area (Å²) in [5.41, 5.74) is 1.00. The summed E-state index contributed by atoms with van der Waals surface area (Å²) in [5.74, 6) is -0.962. The number of amides is 4. The Labute approximate surface area is 181 Å². The van der Waals surface area contributed by atoms with Gasteiger partial charge < -0.3 is 20.4 Å². The van der Waals surface area contributed by atoms with Gasteiger partial charge in [-0.15, -0.1) is 0 Å². The zero-order chi connectivity index (χ0) is 22.1. The summed E-state index contributed by atoms with van der Waals surface area (Å²) in [4.78, 5) is 52.5. The lowest BCUT2D eigenvalue weighted by atomic mass is 10.2. The van der Waals surface area contributed by atoms with Crippen LogP contribution in [0, 0.1) is 0 Å². The molecule has 0 saturated carbocycles. The molecule has 1 aliphatic heterocycles. The Morgan fingerprint density at radius 1 is 0.613 bits per heavy atom. The second kappa shape index (κ2) is 10.9. The lowest BCUT2D eigenvalue weighted by Crippen LogP contribution is -2.44. The van der Waals surface area contributed by atoms with Crippen LogP contribution in [0.2, 0.25) is 0 Å². The van der Waals surface area contributed by atoms with E-state index in [0.29, 0.717) is 43.7 Å². The molecule has 0 radical (unpaired) electrons. The van der Waals surface area contributed by atoms with Crippen molar-refractivity contribution in [3.05, 3.63) is 71.8 Å². The molecular formula is C23H26N4O4. The summed E-state index contributed by atoms with van der Waals surface area (Å²) >= 11 is 0. The van der Waals surface area contributed by atoms with Crippen LogP contribution >= 0.6 is 0 Å². The molecule has 0 aromatic heterocycles. The largest absolute Gasteiger partial charge is 0.343 e. The number of carbonyl (C=O) groups is 4. The van der Waals surface area contributed by atoms with Gasteiger partial charge in [-0.25, -0.2) is 0 Å². The minimum absolute atomic E-state index is 0.0885. The van der Waals surface area contributed by atoms with Gasteiger partial charge in [-0.05, 0) is 30.7 Å². The van der Waals surface area contributed by atoms with Crippen LogP contribution < -0.4 is 10.6 Å². The molecule has 1 heterocycles. The molecule has 1 fully saturated rings. The molecule has 8 heteroatoms. The van der Waals surface area contributed by atoms with Crippen LogP contribution in [0.1, 0.15) is 27.1 Å². The van der Waals surface area contributed by atoms with E-state index >= 15 is 0 Å². The number of benzene rings is 2. The Kier molecular flexibility index (Phi) is 7.75. The zero-order valence-electron chi connectivity index (χ0n) is 17.3. The lowest BCUT2D eigenvalue weighted by molar-refractivity contribution is -0.132. The topological polar surface area (TPSA) is 98.8 Å². The molecule has 3 rings (SSSR count). The summed E-state index contributed by atoms with van der Waals surface area (Å²) in [7, 11) is 0. The van der Waals surface area contributed by atoms with Gasteiger partial charge in [0.25, 0.3) is 11.8 Å². The van der Waals surface area contributed by atoms with Gasteiger partial charge in [0.15, 0.2) is 0 Å². The number of nitrogens with one attached hydrogen (secondary N) is 2. The van der Waals surface area contributed by atoms with E-state index in [4.69, 9.17) is 0 Å². The first-order chi connectivity index (χ1) is 15.0. The molecule has 0 atom stereocenters. The molecule has 0 aliphatic carbocycles. The molecule has 2 aromatic carbocycles. The number of rotatable bonds is 6. The summed E-state index contributed by atoms with van der Waals surface area (Å²) in [5, 5.41) is 5.28. The Morgan fingerprint density at radius 3 is 1.39 bits per heavy atom. The fourth-order valence-electron chi connectivity index (χ4n) is 3.33. The fraction of sp³-hybridized carbons (Fsp3) is 0.304. The van der Waals surface area contributed by atoms with Crippen molar-refractivity contribution < 1.29 is 19.2 Å². The third-order valence-electron chi connectivity index (χ3n) is 5.07. The predicted octanol–water partition coefficient (Wildman–Crippen LogP) is 0.907. The molecule has 2 aromatic rings. The standard InChI is InChI=1S/C23H26N4O4/c28-20(16-24-22(30)18-8-3-1-4-9-18)26-12-7-13-27(15-14-26)21(29)17-25-23(31)19-10-5-2-6-11-19/h1-6,8-11H,7,12-17H2,(H,24,30)(H,25,31). The molecule has 2 N–H and O–H groups in total. The van der Waals surface area contributed by atoms with E-state index in [0.717, 1.165) is 0 Å². The van der Waals surface area contributed by atoms with Gasteiger partial charge in [0.05, 0.1) is 13.1 Å². The third kappa shape index (κ3) is 6.40. The minimum Gasteiger partial charge on any atom is -0.343 e. The van der Waals surface area contributed by atoms with Crippen molar-refractivity contribution in [2.24, 2.45) is 0 Å². The van der Waals surface area contributed by atoms with Gasteiger partial charge in [-0.3, -0.25) is 19.2 Å². The van der Waals surface area contributed by atoms with E-state index in [-0.39, 0.29) is 36.7 Å². The highest BCUT2D eigenvalue weighted by atomic mass is 16.2. The van der Waals surface area contributed by atoms with Crippen LogP contribution in [0.3, 0.4) is 0 Å². The zero-order valence-corrected chi connectivity index (χ0v) is 17.3. The number of hydrogen-bond donors (Lipinski definition) is 2. The van der Waals surface area contributed by atoms with Crippen molar-refractivity contribution in [3.63, 3.8) is 0 Å². The van der Waals surface area contributed by atoms with Crippen LogP contribution in [0.5, 0.6) is 0 Å². The highest BCUT2D eigenvalue weighted by Crippen LogP contribution is 2.05. The van der Waals surface area contributed by atoms with Crippen LogP contribution in [-0.4, -0.2) is 72.7 Å². The third-order valence-corrected chi connectivity index (χ3v) is 5.07. The summed E-state index contributed by atoms with van der Waals surface area (Å²) in [6, 6.07) is 17.4. The summed E-state index contributed by atoms with van der Waals surface area (Å²) in [6.07, 6.45) is 0.636. The van der Waals surface area contributed by atoms with E-state index in [9.17, 15) is 19.2 Å². The first-order valence-electron chi connectivity index (χ1n) is 10.3. The summed E-state index contributed by atoms with van der Waals surface area (Å²) in [6.45, 7) is 1.63. The Morgan fingerprint density at radius 2 is 1.00 bits per heavy atom. The average Bonchev–Trinajstić information content (AvgIpc) is 3.08. The van der Waals surface area contributed by atoms with Crippen LogP contribution in [0.25, 0.3) is 0 Å². The van der Waals surface area contributed by atoms with Crippen molar-refractivity contribution in [1.82, 2.24) is 20.4 Å². The first-order valence-corrected chi connectivity index (χ1v) is 10.3. The van der Waals surface area contributed by atoms with Gasteiger partial charge >= 0.3 is 0 Å². The van der Waals surface area contributed by atoms with Gasteiger partial charge in [-0.1, -0.05) is 36.4 Å². The first kappa shape index (κ1) is 22.0. The maximum Gasteiger partial charge on any atom is 0.251 e. The molecule has 8 nitrogen and oxygen atoms in total. The van der Waals surface area contributed by atoms with E-state index in [1.54, 1.807) is 58.3 Å². The van der Waals surface area contributed by atoms with Crippen molar-refractivity contribution in [1.29, 1.82) is 0 Å². The highest BCUT2D eigenvalue weighted by molar-refractivity contribution is 5.97. The highest BCUT2D eigenvalue weighted by Gasteiger charge is 2.22. The SMILES string of the molecule is O=C(NCC(=O)N1CCCN(C(=O)CNC(=O)c2ccccc2)CC1)c1ccccc1. The van der Waals surface area contributed by atoms with E-state index in [1.165, 1.54) is 0 Å².